The Morgan fingerprint density at radius 1 is 1.36 bits per heavy atom. The third-order valence-corrected chi connectivity index (χ3v) is 2.94. The quantitative estimate of drug-likeness (QED) is 0.513. The van der Waals surface area contributed by atoms with Crippen molar-refractivity contribution >= 4 is 23.0 Å². The molecule has 0 unspecified atom stereocenters. The average molecular weight is 305 g/mol. The Balaban J connectivity index is 2.32. The number of rotatable bonds is 4. The van der Waals surface area contributed by atoms with Crippen LogP contribution in [0.25, 0.3) is 0 Å². The van der Waals surface area contributed by atoms with Crippen molar-refractivity contribution in [1.29, 1.82) is 0 Å². The molecule has 114 valence electrons. The first kappa shape index (κ1) is 15.2. The van der Waals surface area contributed by atoms with E-state index in [1.807, 2.05) is 0 Å². The lowest BCUT2D eigenvalue weighted by molar-refractivity contribution is -0.384. The number of amides is 1. The number of nitro groups is 1. The molecule has 7 nitrogen and oxygen atoms in total. The van der Waals surface area contributed by atoms with E-state index in [0.29, 0.717) is 0 Å². The predicted octanol–water partition coefficient (Wildman–Crippen LogP) is 2.58. The molecule has 2 rings (SSSR count). The molecular weight excluding hydrogens is 293 g/mol. The minimum atomic E-state index is -0.705. The van der Waals surface area contributed by atoms with Gasteiger partial charge >= 0.3 is 0 Å². The fraction of sp³-hybridized carbons (Fsp3) is 0.0714. The molecule has 1 amide bonds. The van der Waals surface area contributed by atoms with E-state index in [1.165, 1.54) is 37.4 Å². The van der Waals surface area contributed by atoms with E-state index >= 15 is 0 Å². The molecule has 0 spiro atoms. The van der Waals surface area contributed by atoms with Gasteiger partial charge in [-0.25, -0.2) is 4.39 Å². The number of hydrogen-bond acceptors (Lipinski definition) is 5. The molecular formula is C14H12FN3O4. The first-order chi connectivity index (χ1) is 10.4. The topological polar surface area (TPSA) is 107 Å². The number of nitrogens with two attached hydrogens (primary N) is 1. The van der Waals surface area contributed by atoms with E-state index in [0.717, 1.165) is 6.07 Å². The molecule has 0 aliphatic heterocycles. The molecule has 0 saturated carbocycles. The van der Waals surface area contributed by atoms with Crippen LogP contribution in [0.1, 0.15) is 10.4 Å². The number of nitrogen functional groups attached to an aromatic ring is 1. The molecule has 3 N–H and O–H groups in total. The maximum atomic E-state index is 13.4. The monoisotopic (exact) mass is 305 g/mol. The smallest absolute Gasteiger partial charge is 0.273 e. The van der Waals surface area contributed by atoms with Crippen LogP contribution < -0.4 is 15.8 Å². The van der Waals surface area contributed by atoms with Crippen molar-refractivity contribution in [2.45, 2.75) is 0 Å². The summed E-state index contributed by atoms with van der Waals surface area (Å²) < 4.78 is 18.4. The Kier molecular flexibility index (Phi) is 4.21. The zero-order valence-electron chi connectivity index (χ0n) is 11.5. The molecule has 0 fully saturated rings. The van der Waals surface area contributed by atoms with Crippen LogP contribution in [0.3, 0.4) is 0 Å². The highest BCUT2D eigenvalue weighted by atomic mass is 19.1. The largest absolute Gasteiger partial charge is 0.494 e. The van der Waals surface area contributed by atoms with Gasteiger partial charge in [-0.2, -0.15) is 0 Å². The molecule has 0 aromatic heterocycles. The minimum Gasteiger partial charge on any atom is -0.494 e. The van der Waals surface area contributed by atoms with E-state index in [2.05, 4.69) is 5.32 Å². The van der Waals surface area contributed by atoms with Gasteiger partial charge in [0.05, 0.1) is 35.0 Å². The van der Waals surface area contributed by atoms with Crippen molar-refractivity contribution in [2.24, 2.45) is 0 Å². The SMILES string of the molecule is COc1cc([N+](=O)[O-])ccc1NC(=O)c1cccc(F)c1N. The average Bonchev–Trinajstić information content (AvgIpc) is 2.50. The number of para-hydroxylation sites is 1. The number of ether oxygens (including phenoxy) is 1. The fourth-order valence-corrected chi connectivity index (χ4v) is 1.82. The number of hydrogen-bond donors (Lipinski definition) is 2. The van der Waals surface area contributed by atoms with Gasteiger partial charge in [-0.1, -0.05) is 6.07 Å². The van der Waals surface area contributed by atoms with Gasteiger partial charge in [0.15, 0.2) is 0 Å². The first-order valence-corrected chi connectivity index (χ1v) is 6.11. The Labute approximate surface area is 124 Å². The van der Waals surface area contributed by atoms with Crippen molar-refractivity contribution in [3.05, 3.63) is 57.9 Å². The van der Waals surface area contributed by atoms with Crippen LogP contribution >= 0.6 is 0 Å². The van der Waals surface area contributed by atoms with E-state index in [9.17, 15) is 19.3 Å². The lowest BCUT2D eigenvalue weighted by Crippen LogP contribution is -2.15. The molecule has 0 radical (unpaired) electrons. The van der Waals surface area contributed by atoms with Gasteiger partial charge in [-0.3, -0.25) is 14.9 Å². The molecule has 0 aliphatic rings. The highest BCUT2D eigenvalue weighted by Crippen LogP contribution is 2.29. The third-order valence-electron chi connectivity index (χ3n) is 2.94. The fourth-order valence-electron chi connectivity index (χ4n) is 1.82. The number of nitro benzene ring substituents is 1. The predicted molar refractivity (Wildman–Crippen MR) is 78.4 cm³/mol. The zero-order chi connectivity index (χ0) is 16.3. The second-order valence-corrected chi connectivity index (χ2v) is 4.30. The molecule has 0 bridgehead atoms. The van der Waals surface area contributed by atoms with Crippen LogP contribution in [-0.4, -0.2) is 17.9 Å². The van der Waals surface area contributed by atoms with Gasteiger partial charge in [0.25, 0.3) is 11.6 Å². The number of halogens is 1. The third kappa shape index (κ3) is 2.95. The number of anilines is 2. The van der Waals surface area contributed by atoms with Gasteiger partial charge in [0, 0.05) is 6.07 Å². The Morgan fingerprint density at radius 2 is 2.09 bits per heavy atom. The van der Waals surface area contributed by atoms with E-state index in [-0.39, 0.29) is 28.4 Å². The number of nitrogens with one attached hydrogen (secondary N) is 1. The second kappa shape index (κ2) is 6.08. The van der Waals surface area contributed by atoms with Crippen molar-refractivity contribution in [3.63, 3.8) is 0 Å². The summed E-state index contributed by atoms with van der Waals surface area (Å²) in [5.74, 6) is -1.25. The van der Waals surface area contributed by atoms with Crippen molar-refractivity contribution in [1.82, 2.24) is 0 Å². The number of non-ortho nitro benzene ring substituents is 1. The highest BCUT2D eigenvalue weighted by molar-refractivity contribution is 6.08. The van der Waals surface area contributed by atoms with Gasteiger partial charge < -0.3 is 15.8 Å². The maximum Gasteiger partial charge on any atom is 0.273 e. The normalized spacial score (nSPS) is 10.1. The lowest BCUT2D eigenvalue weighted by atomic mass is 10.1. The Morgan fingerprint density at radius 3 is 2.73 bits per heavy atom. The van der Waals surface area contributed by atoms with E-state index < -0.39 is 16.6 Å². The number of nitrogens with zero attached hydrogens (tertiary/aromatic N) is 1. The standard InChI is InChI=1S/C14H12FN3O4/c1-22-12-7-8(18(20)21)5-6-11(12)17-14(19)9-3-2-4-10(15)13(9)16/h2-7H,16H2,1H3,(H,17,19). The summed E-state index contributed by atoms with van der Waals surface area (Å²) in [4.78, 5) is 22.3. The number of benzene rings is 2. The summed E-state index contributed by atoms with van der Waals surface area (Å²) in [7, 11) is 1.31. The molecule has 22 heavy (non-hydrogen) atoms. The summed E-state index contributed by atoms with van der Waals surface area (Å²) in [6.07, 6.45) is 0. The van der Waals surface area contributed by atoms with Crippen LogP contribution in [0.4, 0.5) is 21.5 Å². The van der Waals surface area contributed by atoms with E-state index in [4.69, 9.17) is 10.5 Å². The van der Waals surface area contributed by atoms with Crippen molar-refractivity contribution < 1.29 is 18.8 Å². The molecule has 0 saturated heterocycles. The summed E-state index contributed by atoms with van der Waals surface area (Å²) in [5, 5.41) is 13.2. The first-order valence-electron chi connectivity index (χ1n) is 6.11. The van der Waals surface area contributed by atoms with Crippen molar-refractivity contribution in [2.75, 3.05) is 18.2 Å². The molecule has 2 aromatic carbocycles. The number of carbonyl (C=O) groups excluding carboxylic acids is 1. The number of methoxy groups -OCH3 is 1. The van der Waals surface area contributed by atoms with Crippen LogP contribution in [0.5, 0.6) is 5.75 Å². The molecule has 2 aromatic rings. The van der Waals surface area contributed by atoms with Gasteiger partial charge in [-0.15, -0.1) is 0 Å². The summed E-state index contributed by atoms with van der Waals surface area (Å²) >= 11 is 0. The molecule has 0 heterocycles. The van der Waals surface area contributed by atoms with Crippen LogP contribution in [0, 0.1) is 15.9 Å². The van der Waals surface area contributed by atoms with Crippen LogP contribution in [0.2, 0.25) is 0 Å². The Bertz CT molecular complexity index is 749. The summed E-state index contributed by atoms with van der Waals surface area (Å²) in [5.41, 5.74) is 5.23. The maximum absolute atomic E-state index is 13.4. The van der Waals surface area contributed by atoms with Gasteiger partial charge in [0.1, 0.15) is 11.6 Å². The summed E-state index contributed by atoms with van der Waals surface area (Å²) in [6, 6.07) is 7.57. The zero-order valence-corrected chi connectivity index (χ0v) is 11.5. The van der Waals surface area contributed by atoms with Crippen LogP contribution in [-0.2, 0) is 0 Å². The van der Waals surface area contributed by atoms with Crippen LogP contribution in [0.15, 0.2) is 36.4 Å². The minimum absolute atomic E-state index is 0.0413. The summed E-state index contributed by atoms with van der Waals surface area (Å²) in [6.45, 7) is 0. The van der Waals surface area contributed by atoms with Gasteiger partial charge in [-0.05, 0) is 18.2 Å². The molecule has 0 aliphatic carbocycles. The van der Waals surface area contributed by atoms with Crippen molar-refractivity contribution in [3.8, 4) is 5.75 Å². The Hall–Kier alpha value is -3.16. The van der Waals surface area contributed by atoms with E-state index in [1.54, 1.807) is 0 Å². The number of carbonyl (C=O) groups is 1. The lowest BCUT2D eigenvalue weighted by Gasteiger charge is -2.11. The van der Waals surface area contributed by atoms with Gasteiger partial charge in [0.2, 0.25) is 0 Å². The highest BCUT2D eigenvalue weighted by Gasteiger charge is 2.16. The molecule has 8 heteroatoms. The second-order valence-electron chi connectivity index (χ2n) is 4.30. The molecule has 0 atom stereocenters.